The van der Waals surface area contributed by atoms with Crippen LogP contribution in [-0.4, -0.2) is 60.6 Å². The van der Waals surface area contributed by atoms with Crippen LogP contribution in [0.4, 0.5) is 5.69 Å². The Hall–Kier alpha value is -2.62. The zero-order valence-corrected chi connectivity index (χ0v) is 22.6. The van der Waals surface area contributed by atoms with E-state index in [4.69, 9.17) is 18.9 Å². The van der Waals surface area contributed by atoms with Crippen LogP contribution in [0.15, 0.2) is 41.3 Å². The van der Waals surface area contributed by atoms with Gasteiger partial charge < -0.3 is 18.9 Å². The van der Waals surface area contributed by atoms with Crippen LogP contribution < -0.4 is 9.04 Å². The number of benzene rings is 2. The van der Waals surface area contributed by atoms with Gasteiger partial charge in [-0.15, -0.1) is 0 Å². The molecule has 9 heteroatoms. The molecule has 1 unspecified atom stereocenters. The van der Waals surface area contributed by atoms with Crippen molar-refractivity contribution < 1.29 is 32.2 Å². The van der Waals surface area contributed by atoms with E-state index in [9.17, 15) is 13.2 Å². The first kappa shape index (κ1) is 25.6. The van der Waals surface area contributed by atoms with Crippen molar-refractivity contribution in [3.8, 4) is 5.75 Å². The molecule has 8 nitrogen and oxygen atoms in total. The molecule has 0 aromatic heterocycles. The summed E-state index contributed by atoms with van der Waals surface area (Å²) in [5, 5.41) is 0. The van der Waals surface area contributed by atoms with Crippen LogP contribution in [0.5, 0.6) is 5.75 Å². The van der Waals surface area contributed by atoms with Crippen molar-refractivity contribution in [3.63, 3.8) is 0 Å². The fraction of sp³-hybridized carbons (Fsp3) is 0.552. The molecule has 1 saturated carbocycles. The molecular formula is C29H35NO7S. The summed E-state index contributed by atoms with van der Waals surface area (Å²) in [5.74, 6) is 0.794. The van der Waals surface area contributed by atoms with Crippen molar-refractivity contribution in [2.75, 3.05) is 44.4 Å². The predicted octanol–water partition coefficient (Wildman–Crippen LogP) is 4.31. The van der Waals surface area contributed by atoms with E-state index in [2.05, 4.69) is 6.07 Å². The second kappa shape index (κ2) is 10.5. The Labute approximate surface area is 224 Å². The highest BCUT2D eigenvalue weighted by Crippen LogP contribution is 2.46. The largest absolute Gasteiger partial charge is 0.492 e. The Morgan fingerprint density at radius 2 is 1.79 bits per heavy atom. The van der Waals surface area contributed by atoms with Gasteiger partial charge >= 0.3 is 5.97 Å². The molecular weight excluding hydrogens is 506 g/mol. The molecule has 2 saturated heterocycles. The fourth-order valence-electron chi connectivity index (χ4n) is 5.82. The lowest BCUT2D eigenvalue weighted by Crippen LogP contribution is -2.45. The summed E-state index contributed by atoms with van der Waals surface area (Å²) < 4.78 is 51.9. The molecule has 3 fully saturated rings. The molecule has 6 rings (SSSR count). The van der Waals surface area contributed by atoms with E-state index in [-0.39, 0.29) is 16.5 Å². The molecule has 2 aromatic rings. The summed E-state index contributed by atoms with van der Waals surface area (Å²) in [4.78, 5) is 12.8. The lowest BCUT2D eigenvalue weighted by molar-refractivity contribution is 0.00839. The third-order valence-electron chi connectivity index (χ3n) is 8.36. The number of nitrogens with zero attached hydrogens (tertiary/aromatic N) is 1. The van der Waals surface area contributed by atoms with Gasteiger partial charge in [0, 0.05) is 25.2 Å². The SMILES string of the molecule is COC(=O)c1cc(S(=O)(=O)N2c3ccc(C4COC4)cc3CCC2C2CC2)ccc1OCC1CCOCC1. The van der Waals surface area contributed by atoms with E-state index < -0.39 is 16.0 Å². The van der Waals surface area contributed by atoms with Crippen LogP contribution in [0.2, 0.25) is 0 Å². The number of fused-ring (bicyclic) bond motifs is 1. The molecule has 1 atom stereocenters. The molecule has 0 amide bonds. The highest BCUT2D eigenvalue weighted by atomic mass is 32.2. The first-order valence-corrected chi connectivity index (χ1v) is 15.1. The van der Waals surface area contributed by atoms with Crippen LogP contribution >= 0.6 is 0 Å². The van der Waals surface area contributed by atoms with Gasteiger partial charge in [-0.1, -0.05) is 12.1 Å². The first-order chi connectivity index (χ1) is 18.5. The summed E-state index contributed by atoms with van der Waals surface area (Å²) in [6.07, 6.45) is 5.51. The van der Waals surface area contributed by atoms with Crippen molar-refractivity contribution in [1.82, 2.24) is 0 Å². The summed E-state index contributed by atoms with van der Waals surface area (Å²) >= 11 is 0. The maximum Gasteiger partial charge on any atom is 0.341 e. The van der Waals surface area contributed by atoms with Crippen molar-refractivity contribution in [2.45, 2.75) is 55.4 Å². The van der Waals surface area contributed by atoms with E-state index >= 15 is 0 Å². The number of sulfonamides is 1. The highest BCUT2D eigenvalue weighted by Gasteiger charge is 2.44. The minimum Gasteiger partial charge on any atom is -0.492 e. The summed E-state index contributed by atoms with van der Waals surface area (Å²) in [6, 6.07) is 10.6. The number of ether oxygens (including phenoxy) is 4. The normalized spacial score (nSPS) is 22.4. The molecule has 0 bridgehead atoms. The van der Waals surface area contributed by atoms with Crippen LogP contribution in [0.25, 0.3) is 0 Å². The second-order valence-electron chi connectivity index (χ2n) is 10.9. The van der Waals surface area contributed by atoms with E-state index in [1.54, 1.807) is 16.4 Å². The highest BCUT2D eigenvalue weighted by molar-refractivity contribution is 7.92. The number of rotatable bonds is 8. The molecule has 204 valence electrons. The number of anilines is 1. The molecule has 3 heterocycles. The lowest BCUT2D eigenvalue weighted by atomic mass is 9.90. The smallest absolute Gasteiger partial charge is 0.341 e. The summed E-state index contributed by atoms with van der Waals surface area (Å²) in [7, 11) is -2.65. The average Bonchev–Trinajstić information content (AvgIpc) is 3.76. The Morgan fingerprint density at radius 1 is 1.00 bits per heavy atom. The van der Waals surface area contributed by atoms with Gasteiger partial charge in [-0.3, -0.25) is 4.31 Å². The van der Waals surface area contributed by atoms with E-state index in [1.165, 1.54) is 18.7 Å². The number of carbonyl (C=O) groups excluding carboxylic acids is 1. The van der Waals surface area contributed by atoms with Crippen molar-refractivity contribution >= 4 is 21.7 Å². The van der Waals surface area contributed by atoms with Crippen LogP contribution in [0.1, 0.15) is 59.5 Å². The van der Waals surface area contributed by atoms with Gasteiger partial charge in [0.2, 0.25) is 0 Å². The van der Waals surface area contributed by atoms with Gasteiger partial charge in [-0.05, 0) is 85.8 Å². The van der Waals surface area contributed by atoms with Gasteiger partial charge in [-0.2, -0.15) is 0 Å². The molecule has 1 aliphatic carbocycles. The van der Waals surface area contributed by atoms with Crippen molar-refractivity contribution in [2.24, 2.45) is 11.8 Å². The molecule has 2 aromatic carbocycles. The first-order valence-electron chi connectivity index (χ1n) is 13.6. The quantitative estimate of drug-likeness (QED) is 0.460. The minimum absolute atomic E-state index is 0.0753. The minimum atomic E-state index is -3.94. The molecule has 0 radical (unpaired) electrons. The summed E-state index contributed by atoms with van der Waals surface area (Å²) in [6.45, 7) is 3.27. The Balaban J connectivity index is 1.33. The number of aryl methyl sites for hydroxylation is 1. The molecule has 0 spiro atoms. The van der Waals surface area contributed by atoms with E-state index in [0.29, 0.717) is 56.5 Å². The van der Waals surface area contributed by atoms with E-state index in [1.807, 2.05) is 12.1 Å². The van der Waals surface area contributed by atoms with Crippen molar-refractivity contribution in [3.05, 3.63) is 53.1 Å². The topological polar surface area (TPSA) is 91.4 Å². The number of methoxy groups -OCH3 is 1. The molecule has 4 aliphatic rings. The Kier molecular flexibility index (Phi) is 7.09. The summed E-state index contributed by atoms with van der Waals surface area (Å²) in [5.41, 5.74) is 3.13. The van der Waals surface area contributed by atoms with Crippen LogP contribution in [0.3, 0.4) is 0 Å². The maximum atomic E-state index is 14.3. The zero-order valence-electron chi connectivity index (χ0n) is 21.8. The van der Waals surface area contributed by atoms with Crippen LogP contribution in [0, 0.1) is 11.8 Å². The van der Waals surface area contributed by atoms with Gasteiger partial charge in [0.05, 0.1) is 37.5 Å². The van der Waals surface area contributed by atoms with E-state index in [0.717, 1.165) is 49.8 Å². The molecule has 0 N–H and O–H groups in total. The lowest BCUT2D eigenvalue weighted by Gasteiger charge is -2.39. The second-order valence-corrected chi connectivity index (χ2v) is 12.7. The third-order valence-corrected chi connectivity index (χ3v) is 10.2. The van der Waals surface area contributed by atoms with Crippen molar-refractivity contribution in [1.29, 1.82) is 0 Å². The number of hydrogen-bond donors (Lipinski definition) is 0. The third kappa shape index (κ3) is 4.92. The Morgan fingerprint density at radius 3 is 2.47 bits per heavy atom. The van der Waals surface area contributed by atoms with Gasteiger partial charge in [0.15, 0.2) is 0 Å². The standard InChI is InChI=1S/C29H35NO7S/c1-34-29(31)25-15-24(6-9-28(25)37-16-19-10-12-35-13-11-19)38(32,33)30-26(20-2-3-20)8-5-22-14-21(4-7-27(22)30)23-17-36-18-23/h4,6-7,9,14-15,19-20,23,26H,2-3,5,8,10-13,16-18H2,1H3. The fourth-order valence-corrected chi connectivity index (χ4v) is 7.62. The number of hydrogen-bond acceptors (Lipinski definition) is 7. The van der Waals surface area contributed by atoms with Gasteiger partial charge in [0.25, 0.3) is 10.0 Å². The van der Waals surface area contributed by atoms with Gasteiger partial charge in [-0.25, -0.2) is 13.2 Å². The predicted molar refractivity (Wildman–Crippen MR) is 141 cm³/mol. The Bertz CT molecular complexity index is 1300. The monoisotopic (exact) mass is 541 g/mol. The van der Waals surface area contributed by atoms with Crippen LogP contribution in [-0.2, 0) is 30.7 Å². The number of carbonyl (C=O) groups is 1. The average molecular weight is 542 g/mol. The van der Waals surface area contributed by atoms with Gasteiger partial charge in [0.1, 0.15) is 11.3 Å². The molecule has 38 heavy (non-hydrogen) atoms. The zero-order chi connectivity index (χ0) is 26.3. The number of esters is 1. The maximum absolute atomic E-state index is 14.3. The molecule has 3 aliphatic heterocycles.